The van der Waals surface area contributed by atoms with E-state index in [1.54, 1.807) is 6.20 Å². The van der Waals surface area contributed by atoms with Gasteiger partial charge < -0.3 is 5.32 Å². The summed E-state index contributed by atoms with van der Waals surface area (Å²) in [5.74, 6) is 0.550. The molecule has 130 valence electrons. The second-order valence-electron chi connectivity index (χ2n) is 6.15. The minimum absolute atomic E-state index is 0.492. The van der Waals surface area contributed by atoms with Crippen molar-refractivity contribution in [2.75, 3.05) is 5.32 Å². The average molecular weight is 372 g/mol. The zero-order valence-electron chi connectivity index (χ0n) is 14.2. The topological polar surface area (TPSA) is 55.1 Å². The van der Waals surface area contributed by atoms with Crippen LogP contribution in [0.15, 0.2) is 79.0 Å². The Morgan fingerprint density at radius 3 is 2.67 bits per heavy atom. The molecule has 0 spiro atoms. The highest BCUT2D eigenvalue weighted by Gasteiger charge is 2.10. The Morgan fingerprint density at radius 1 is 0.889 bits per heavy atom. The number of benzene rings is 2. The van der Waals surface area contributed by atoms with Gasteiger partial charge in [-0.25, -0.2) is 9.50 Å². The Kier molecular flexibility index (Phi) is 3.73. The van der Waals surface area contributed by atoms with Crippen LogP contribution in [-0.4, -0.2) is 19.6 Å². The molecule has 0 bridgehead atoms. The van der Waals surface area contributed by atoms with Gasteiger partial charge in [-0.3, -0.25) is 0 Å². The maximum absolute atomic E-state index is 6.27. The second-order valence-corrected chi connectivity index (χ2v) is 6.50. The number of nitrogens with one attached hydrogen (secondary N) is 1. The molecule has 1 N–H and O–H groups in total. The quantitative estimate of drug-likeness (QED) is 0.435. The molecule has 0 radical (unpaired) electrons. The number of para-hydroxylation sites is 1. The molecule has 3 aromatic heterocycles. The fraction of sp³-hybridized carbons (Fsp3) is 0. The Balaban J connectivity index is 1.62. The molecule has 0 fully saturated rings. The van der Waals surface area contributed by atoms with E-state index in [2.05, 4.69) is 26.4 Å². The Hall–Kier alpha value is -3.44. The van der Waals surface area contributed by atoms with Crippen LogP contribution in [0.3, 0.4) is 0 Å². The summed E-state index contributed by atoms with van der Waals surface area (Å²) in [7, 11) is 0. The molecular weight excluding hydrogens is 358 g/mol. The highest BCUT2D eigenvalue weighted by Crippen LogP contribution is 2.28. The maximum Gasteiger partial charge on any atom is 0.247 e. The normalized spacial score (nSPS) is 11.1. The molecule has 2 aromatic carbocycles. The molecule has 3 heterocycles. The van der Waals surface area contributed by atoms with Crippen molar-refractivity contribution in [3.63, 3.8) is 0 Å². The Labute approximate surface area is 160 Å². The number of aromatic nitrogens is 4. The summed E-state index contributed by atoms with van der Waals surface area (Å²) in [5, 5.41) is 10.3. The first-order chi connectivity index (χ1) is 13.3. The molecule has 5 rings (SSSR count). The van der Waals surface area contributed by atoms with Crippen LogP contribution in [0.2, 0.25) is 5.15 Å². The van der Waals surface area contributed by atoms with Crippen molar-refractivity contribution >= 4 is 39.7 Å². The summed E-state index contributed by atoms with van der Waals surface area (Å²) in [5.41, 5.74) is 3.64. The molecule has 27 heavy (non-hydrogen) atoms. The number of halogens is 1. The van der Waals surface area contributed by atoms with Gasteiger partial charge in [0.15, 0.2) is 5.65 Å². The summed E-state index contributed by atoms with van der Waals surface area (Å²) in [6.07, 6.45) is 1.71. The third-order valence-corrected chi connectivity index (χ3v) is 4.70. The molecule has 6 heteroatoms. The van der Waals surface area contributed by atoms with Crippen molar-refractivity contribution in [3.8, 4) is 11.3 Å². The van der Waals surface area contributed by atoms with Gasteiger partial charge in [-0.1, -0.05) is 48.0 Å². The molecule has 0 saturated heterocycles. The zero-order chi connectivity index (χ0) is 18.2. The number of pyridine rings is 2. The Bertz CT molecular complexity index is 1260. The lowest BCUT2D eigenvalue weighted by Crippen LogP contribution is -1.95. The third-order valence-electron chi connectivity index (χ3n) is 4.40. The third kappa shape index (κ3) is 2.88. The van der Waals surface area contributed by atoms with Crippen molar-refractivity contribution in [3.05, 3.63) is 84.1 Å². The molecule has 5 aromatic rings. The summed E-state index contributed by atoms with van der Waals surface area (Å²) < 4.78 is 1.83. The number of nitrogens with zero attached hydrogens (tertiary/aromatic N) is 4. The predicted molar refractivity (Wildman–Crippen MR) is 108 cm³/mol. The van der Waals surface area contributed by atoms with Crippen molar-refractivity contribution in [2.45, 2.75) is 0 Å². The van der Waals surface area contributed by atoms with Crippen molar-refractivity contribution in [1.82, 2.24) is 19.6 Å². The lowest BCUT2D eigenvalue weighted by Gasteiger charge is -2.06. The van der Waals surface area contributed by atoms with E-state index in [4.69, 9.17) is 11.6 Å². The summed E-state index contributed by atoms with van der Waals surface area (Å²) in [6, 6.07) is 23.9. The van der Waals surface area contributed by atoms with Crippen LogP contribution >= 0.6 is 11.6 Å². The SMILES string of the molecule is Clc1nccc2ccc(-c3cccc4nc(Nc5ccccc5)nn34)cc12. The van der Waals surface area contributed by atoms with E-state index in [0.717, 1.165) is 33.4 Å². The molecule has 5 nitrogen and oxygen atoms in total. The van der Waals surface area contributed by atoms with Crippen LogP contribution in [0.5, 0.6) is 0 Å². The van der Waals surface area contributed by atoms with Gasteiger partial charge in [0.05, 0.1) is 5.69 Å². The van der Waals surface area contributed by atoms with Crippen LogP contribution in [0.25, 0.3) is 27.7 Å². The van der Waals surface area contributed by atoms with Gasteiger partial charge >= 0.3 is 0 Å². The fourth-order valence-electron chi connectivity index (χ4n) is 3.12. The average Bonchev–Trinajstić information content (AvgIpc) is 3.11. The lowest BCUT2D eigenvalue weighted by atomic mass is 10.1. The van der Waals surface area contributed by atoms with E-state index in [9.17, 15) is 0 Å². The largest absolute Gasteiger partial charge is 0.323 e. The van der Waals surface area contributed by atoms with Crippen LogP contribution in [0.4, 0.5) is 11.6 Å². The number of rotatable bonds is 3. The highest BCUT2D eigenvalue weighted by atomic mass is 35.5. The molecular formula is C21H14ClN5. The summed E-state index contributed by atoms with van der Waals surface area (Å²) in [4.78, 5) is 8.75. The molecule has 0 saturated carbocycles. The highest BCUT2D eigenvalue weighted by molar-refractivity contribution is 6.34. The molecule has 0 unspecified atom stereocenters. The van der Waals surface area contributed by atoms with E-state index in [0.29, 0.717) is 11.1 Å². The van der Waals surface area contributed by atoms with Crippen LogP contribution in [0, 0.1) is 0 Å². The molecule has 0 aliphatic heterocycles. The van der Waals surface area contributed by atoms with Crippen LogP contribution in [-0.2, 0) is 0 Å². The lowest BCUT2D eigenvalue weighted by molar-refractivity contribution is 0.974. The molecule has 0 aliphatic carbocycles. The van der Waals surface area contributed by atoms with Gasteiger partial charge in [-0.05, 0) is 41.8 Å². The van der Waals surface area contributed by atoms with E-state index in [1.807, 2.05) is 71.2 Å². The minimum atomic E-state index is 0.492. The van der Waals surface area contributed by atoms with Crippen molar-refractivity contribution < 1.29 is 0 Å². The number of hydrogen-bond donors (Lipinski definition) is 1. The molecule has 0 aliphatic rings. The van der Waals surface area contributed by atoms with Gasteiger partial charge in [-0.2, -0.15) is 4.98 Å². The van der Waals surface area contributed by atoms with E-state index >= 15 is 0 Å². The zero-order valence-corrected chi connectivity index (χ0v) is 14.9. The fourth-order valence-corrected chi connectivity index (χ4v) is 3.34. The first-order valence-corrected chi connectivity index (χ1v) is 8.88. The minimum Gasteiger partial charge on any atom is -0.323 e. The predicted octanol–water partition coefficient (Wildman–Crippen LogP) is 5.34. The molecule has 0 amide bonds. The molecule has 0 atom stereocenters. The Morgan fingerprint density at radius 2 is 1.78 bits per heavy atom. The maximum atomic E-state index is 6.27. The van der Waals surface area contributed by atoms with Crippen molar-refractivity contribution in [1.29, 1.82) is 0 Å². The van der Waals surface area contributed by atoms with E-state index in [-0.39, 0.29) is 0 Å². The van der Waals surface area contributed by atoms with Gasteiger partial charge in [0.1, 0.15) is 5.15 Å². The summed E-state index contributed by atoms with van der Waals surface area (Å²) >= 11 is 6.27. The number of anilines is 2. The van der Waals surface area contributed by atoms with E-state index in [1.165, 1.54) is 0 Å². The van der Waals surface area contributed by atoms with Gasteiger partial charge in [-0.15, -0.1) is 5.10 Å². The van der Waals surface area contributed by atoms with Gasteiger partial charge in [0.25, 0.3) is 0 Å². The van der Waals surface area contributed by atoms with Crippen molar-refractivity contribution in [2.24, 2.45) is 0 Å². The monoisotopic (exact) mass is 371 g/mol. The number of hydrogen-bond acceptors (Lipinski definition) is 4. The standard InChI is InChI=1S/C21H14ClN5/c22-20-17-13-15(10-9-14(17)11-12-23-20)18-7-4-8-19-25-21(26-27(18)19)24-16-5-2-1-3-6-16/h1-13H,(H,24,26). The first kappa shape index (κ1) is 15.8. The summed E-state index contributed by atoms with van der Waals surface area (Å²) in [6.45, 7) is 0. The van der Waals surface area contributed by atoms with Crippen LogP contribution < -0.4 is 5.32 Å². The smallest absolute Gasteiger partial charge is 0.247 e. The first-order valence-electron chi connectivity index (χ1n) is 8.50. The van der Waals surface area contributed by atoms with Gasteiger partial charge in [0, 0.05) is 22.8 Å². The second kappa shape index (κ2) is 6.37. The van der Waals surface area contributed by atoms with Gasteiger partial charge in [0.2, 0.25) is 5.95 Å². The number of fused-ring (bicyclic) bond motifs is 2. The van der Waals surface area contributed by atoms with E-state index < -0.39 is 0 Å². The van der Waals surface area contributed by atoms with Crippen LogP contribution in [0.1, 0.15) is 0 Å².